The summed E-state index contributed by atoms with van der Waals surface area (Å²) in [5, 5.41) is 7.70. The molecule has 3 heterocycles. The highest BCUT2D eigenvalue weighted by Gasteiger charge is 2.18. The van der Waals surface area contributed by atoms with Crippen LogP contribution < -0.4 is 5.32 Å². The van der Waals surface area contributed by atoms with E-state index in [2.05, 4.69) is 34.3 Å². The number of halogens is 1. The van der Waals surface area contributed by atoms with Gasteiger partial charge in [0.15, 0.2) is 0 Å². The number of rotatable bonds is 3. The second kappa shape index (κ2) is 8.54. The Bertz CT molecular complexity index is 793. The molecule has 0 unspecified atom stereocenters. The third-order valence-corrected chi connectivity index (χ3v) is 4.71. The summed E-state index contributed by atoms with van der Waals surface area (Å²) >= 11 is 6.03. The molecule has 0 radical (unpaired) electrons. The summed E-state index contributed by atoms with van der Waals surface area (Å²) in [6.07, 6.45) is 0.937. The smallest absolute Gasteiger partial charge is 0.141 e. The van der Waals surface area contributed by atoms with E-state index in [-0.39, 0.29) is 0 Å². The summed E-state index contributed by atoms with van der Waals surface area (Å²) in [7, 11) is 1.66. The van der Waals surface area contributed by atoms with Crippen molar-refractivity contribution < 1.29 is 9.26 Å². The number of anilines is 1. The molecule has 1 aliphatic heterocycles. The second-order valence-corrected chi connectivity index (χ2v) is 6.97. The average molecular weight is 379 g/mol. The van der Waals surface area contributed by atoms with E-state index in [1.807, 2.05) is 27.7 Å². The zero-order chi connectivity index (χ0) is 19.4. The van der Waals surface area contributed by atoms with Crippen LogP contribution in [0.25, 0.3) is 5.57 Å². The topological polar surface area (TPSA) is 73.1 Å². The van der Waals surface area contributed by atoms with Crippen molar-refractivity contribution in [2.24, 2.45) is 0 Å². The minimum atomic E-state index is 0.324. The standard InChI is InChI=1S/C10H15NO2.C9H12ClN3/c1-6(8(3)12-5)10-7(2)11-13-9(10)4;1-5(2)8-12-7(10)6-3-4-11-9(6)13-8/h1-5H3;5H,3-4H2,1-2H3,(H,11,12,13)/b8-6-;. The zero-order valence-electron chi connectivity index (χ0n) is 16.5. The lowest BCUT2D eigenvalue weighted by molar-refractivity contribution is 0.295. The van der Waals surface area contributed by atoms with Crippen molar-refractivity contribution in [3.63, 3.8) is 0 Å². The van der Waals surface area contributed by atoms with E-state index in [4.69, 9.17) is 20.9 Å². The molecule has 0 aliphatic carbocycles. The fourth-order valence-electron chi connectivity index (χ4n) is 2.75. The van der Waals surface area contributed by atoms with Crippen molar-refractivity contribution in [1.82, 2.24) is 15.1 Å². The van der Waals surface area contributed by atoms with E-state index in [1.165, 1.54) is 0 Å². The number of nitrogens with zero attached hydrogens (tertiary/aromatic N) is 3. The maximum Gasteiger partial charge on any atom is 0.141 e. The number of methoxy groups -OCH3 is 1. The number of allylic oxidation sites excluding steroid dienone is 2. The molecule has 142 valence electrons. The van der Waals surface area contributed by atoms with Gasteiger partial charge in [0, 0.05) is 23.6 Å². The highest BCUT2D eigenvalue weighted by Crippen LogP contribution is 2.27. The summed E-state index contributed by atoms with van der Waals surface area (Å²) < 4.78 is 10.2. The van der Waals surface area contributed by atoms with Crippen LogP contribution in [-0.2, 0) is 11.2 Å². The normalized spacial score (nSPS) is 13.6. The molecule has 7 heteroatoms. The van der Waals surface area contributed by atoms with Crippen LogP contribution >= 0.6 is 11.6 Å². The number of ether oxygens (including phenoxy) is 1. The maximum atomic E-state index is 6.03. The van der Waals surface area contributed by atoms with Gasteiger partial charge in [-0.1, -0.05) is 30.6 Å². The van der Waals surface area contributed by atoms with Crippen molar-refractivity contribution in [3.8, 4) is 0 Å². The first-order valence-corrected chi connectivity index (χ1v) is 9.08. The van der Waals surface area contributed by atoms with Crippen LogP contribution in [0.3, 0.4) is 0 Å². The molecule has 0 spiro atoms. The Hall–Kier alpha value is -2.08. The van der Waals surface area contributed by atoms with Crippen molar-refractivity contribution in [3.05, 3.63) is 39.3 Å². The van der Waals surface area contributed by atoms with Gasteiger partial charge in [-0.3, -0.25) is 0 Å². The number of aromatic nitrogens is 3. The van der Waals surface area contributed by atoms with Crippen molar-refractivity contribution >= 4 is 23.0 Å². The molecule has 2 aromatic heterocycles. The molecule has 0 amide bonds. The van der Waals surface area contributed by atoms with Gasteiger partial charge in [0.2, 0.25) is 0 Å². The van der Waals surface area contributed by atoms with Gasteiger partial charge in [-0.25, -0.2) is 9.97 Å². The summed E-state index contributed by atoms with van der Waals surface area (Å²) in [5.74, 6) is 3.80. The number of nitrogens with one attached hydrogen (secondary N) is 1. The Balaban J connectivity index is 0.000000187. The van der Waals surface area contributed by atoms with Crippen LogP contribution in [-0.4, -0.2) is 28.8 Å². The number of fused-ring (bicyclic) bond motifs is 1. The first-order valence-electron chi connectivity index (χ1n) is 8.71. The molecule has 0 fully saturated rings. The highest BCUT2D eigenvalue weighted by molar-refractivity contribution is 6.30. The lowest BCUT2D eigenvalue weighted by atomic mass is 10.1. The van der Waals surface area contributed by atoms with E-state index in [9.17, 15) is 0 Å². The number of hydrogen-bond donors (Lipinski definition) is 1. The van der Waals surface area contributed by atoms with Gasteiger partial charge in [0.25, 0.3) is 0 Å². The molecule has 0 saturated carbocycles. The summed E-state index contributed by atoms with van der Waals surface area (Å²) in [6, 6.07) is 0. The third-order valence-electron chi connectivity index (χ3n) is 4.40. The van der Waals surface area contributed by atoms with Crippen molar-refractivity contribution in [2.75, 3.05) is 19.0 Å². The molecular formula is C19H27ClN4O2. The van der Waals surface area contributed by atoms with Crippen molar-refractivity contribution in [1.29, 1.82) is 0 Å². The van der Waals surface area contributed by atoms with Gasteiger partial charge in [-0.2, -0.15) is 0 Å². The fourth-order valence-corrected chi connectivity index (χ4v) is 3.02. The lowest BCUT2D eigenvalue weighted by Gasteiger charge is -2.07. The Labute approximate surface area is 160 Å². The van der Waals surface area contributed by atoms with E-state index < -0.39 is 0 Å². The summed E-state index contributed by atoms with van der Waals surface area (Å²) in [6.45, 7) is 12.8. The molecule has 1 N–H and O–H groups in total. The van der Waals surface area contributed by atoms with Gasteiger partial charge < -0.3 is 14.6 Å². The third kappa shape index (κ3) is 4.36. The molecule has 26 heavy (non-hydrogen) atoms. The molecule has 0 bridgehead atoms. The molecule has 3 rings (SSSR count). The maximum absolute atomic E-state index is 6.03. The van der Waals surface area contributed by atoms with Crippen LogP contribution in [0.4, 0.5) is 5.82 Å². The minimum Gasteiger partial charge on any atom is -0.501 e. The first kappa shape index (κ1) is 20.2. The molecule has 0 saturated heterocycles. The molecule has 1 aliphatic rings. The number of aryl methyl sites for hydroxylation is 2. The van der Waals surface area contributed by atoms with Crippen LogP contribution in [0.15, 0.2) is 10.3 Å². The molecule has 6 nitrogen and oxygen atoms in total. The van der Waals surface area contributed by atoms with Crippen LogP contribution in [0, 0.1) is 13.8 Å². The Kier molecular flexibility index (Phi) is 6.64. The van der Waals surface area contributed by atoms with Gasteiger partial charge >= 0.3 is 0 Å². The first-order chi connectivity index (χ1) is 12.3. The van der Waals surface area contributed by atoms with Crippen LogP contribution in [0.2, 0.25) is 5.15 Å². The quantitative estimate of drug-likeness (QED) is 0.604. The molecule has 0 aromatic carbocycles. The van der Waals surface area contributed by atoms with E-state index >= 15 is 0 Å². The predicted molar refractivity (Wildman–Crippen MR) is 105 cm³/mol. The highest BCUT2D eigenvalue weighted by atomic mass is 35.5. The Morgan fingerprint density at radius 2 is 1.92 bits per heavy atom. The van der Waals surface area contributed by atoms with E-state index in [1.54, 1.807) is 7.11 Å². The molecular weight excluding hydrogens is 352 g/mol. The Morgan fingerprint density at radius 3 is 2.46 bits per heavy atom. The van der Waals surface area contributed by atoms with Gasteiger partial charge in [-0.15, -0.1) is 0 Å². The van der Waals surface area contributed by atoms with Crippen LogP contribution in [0.1, 0.15) is 62.0 Å². The van der Waals surface area contributed by atoms with Crippen LogP contribution in [0.5, 0.6) is 0 Å². The van der Waals surface area contributed by atoms with Crippen molar-refractivity contribution in [2.45, 2.75) is 53.9 Å². The Morgan fingerprint density at radius 1 is 1.23 bits per heavy atom. The zero-order valence-corrected chi connectivity index (χ0v) is 17.3. The second-order valence-electron chi connectivity index (χ2n) is 6.62. The minimum absolute atomic E-state index is 0.324. The predicted octanol–water partition coefficient (Wildman–Crippen LogP) is 4.91. The fraction of sp³-hybridized carbons (Fsp3) is 0.526. The van der Waals surface area contributed by atoms with Gasteiger partial charge in [-0.05, 0) is 39.7 Å². The van der Waals surface area contributed by atoms with E-state index in [0.717, 1.165) is 58.5 Å². The SMILES string of the molecule is CC(C)c1nc(Cl)c2c(n1)NCC2.CO/C(C)=C(/C)c1c(C)noc1C. The average Bonchev–Trinajstić information content (AvgIpc) is 3.21. The van der Waals surface area contributed by atoms with Gasteiger partial charge in [0.1, 0.15) is 22.6 Å². The monoisotopic (exact) mass is 378 g/mol. The largest absolute Gasteiger partial charge is 0.501 e. The molecule has 2 aromatic rings. The van der Waals surface area contributed by atoms with Gasteiger partial charge in [0.05, 0.1) is 18.6 Å². The van der Waals surface area contributed by atoms with E-state index in [0.29, 0.717) is 11.1 Å². The number of hydrogen-bond acceptors (Lipinski definition) is 6. The molecule has 0 atom stereocenters. The summed E-state index contributed by atoms with van der Waals surface area (Å²) in [5.41, 5.74) is 4.11. The summed E-state index contributed by atoms with van der Waals surface area (Å²) in [4.78, 5) is 8.67. The lowest BCUT2D eigenvalue weighted by Crippen LogP contribution is -2.01.